The molecule has 0 amide bonds. The van der Waals surface area contributed by atoms with Gasteiger partial charge in [-0.25, -0.2) is 4.79 Å². The summed E-state index contributed by atoms with van der Waals surface area (Å²) in [4.78, 5) is 10.6. The maximum absolute atomic E-state index is 10.6. The molecule has 0 aromatic heterocycles. The molecule has 100 valence electrons. The summed E-state index contributed by atoms with van der Waals surface area (Å²) in [6.07, 6.45) is 13.5. The van der Waals surface area contributed by atoms with Crippen LogP contribution in [-0.4, -0.2) is 18.8 Å². The molecule has 0 aliphatic carbocycles. The van der Waals surface area contributed by atoms with Crippen molar-refractivity contribution in [1.82, 2.24) is 0 Å². The van der Waals surface area contributed by atoms with Gasteiger partial charge in [0.05, 0.1) is 6.61 Å². The Morgan fingerprint density at radius 3 is 1.88 bits per heavy atom. The molecule has 0 unspecified atom stereocenters. The summed E-state index contributed by atoms with van der Waals surface area (Å²) in [6.45, 7) is 2.70. The van der Waals surface area contributed by atoms with E-state index in [9.17, 15) is 4.79 Å². The molecule has 0 spiro atoms. The van der Waals surface area contributed by atoms with Gasteiger partial charge in [0, 0.05) is 0 Å². The van der Waals surface area contributed by atoms with E-state index in [0.717, 1.165) is 19.1 Å². The maximum atomic E-state index is 10.6. The molecule has 3 heteroatoms. The molecule has 0 atom stereocenters. The molecule has 0 saturated heterocycles. The van der Waals surface area contributed by atoms with Crippen LogP contribution in [0.3, 0.4) is 0 Å². The summed E-state index contributed by atoms with van der Waals surface area (Å²) in [5.41, 5.74) is 0. The van der Waals surface area contributed by atoms with Gasteiger partial charge in [-0.3, -0.25) is 0 Å². The molecule has 0 aliphatic heterocycles. The minimum absolute atomic E-state index is 0.463. The molecular weight excluding hydrogens is 214 g/mol. The second kappa shape index (κ2) is 13.2. The summed E-state index contributed by atoms with van der Waals surface area (Å²) in [5, 5.41) is 6.65. The van der Waals surface area contributed by atoms with Gasteiger partial charge in [0.1, 0.15) is 6.21 Å². The third-order valence-electron chi connectivity index (χ3n) is 2.86. The third kappa shape index (κ3) is 13.1. The highest BCUT2D eigenvalue weighted by molar-refractivity contribution is 6.21. The highest BCUT2D eigenvalue weighted by Gasteiger charge is 1.96. The summed E-state index contributed by atoms with van der Waals surface area (Å²) < 4.78 is 4.78. The largest absolute Gasteiger partial charge is 0.461 e. The first-order valence-corrected chi connectivity index (χ1v) is 6.98. The average molecular weight is 241 g/mol. The van der Waals surface area contributed by atoms with Gasteiger partial charge in [-0.05, 0) is 6.42 Å². The molecule has 0 bridgehead atoms. The van der Waals surface area contributed by atoms with Crippen LogP contribution < -0.4 is 0 Å². The number of nitrogens with one attached hydrogen (secondary N) is 1. The van der Waals surface area contributed by atoms with Crippen molar-refractivity contribution in [1.29, 1.82) is 5.41 Å². The van der Waals surface area contributed by atoms with E-state index in [1.165, 1.54) is 51.4 Å². The zero-order chi connectivity index (χ0) is 12.8. The van der Waals surface area contributed by atoms with Crippen LogP contribution in [-0.2, 0) is 9.53 Å². The number of esters is 1. The number of carbonyl (C=O) groups is 1. The number of unbranched alkanes of at least 4 members (excludes halogenated alkanes) is 9. The number of ether oxygens (including phenoxy) is 1. The second-order valence-electron chi connectivity index (χ2n) is 4.49. The lowest BCUT2D eigenvalue weighted by molar-refractivity contribution is -0.135. The van der Waals surface area contributed by atoms with Gasteiger partial charge < -0.3 is 10.1 Å². The van der Waals surface area contributed by atoms with Crippen LogP contribution in [0.25, 0.3) is 0 Å². The lowest BCUT2D eigenvalue weighted by atomic mass is 10.1. The van der Waals surface area contributed by atoms with Gasteiger partial charge in [0.2, 0.25) is 0 Å². The van der Waals surface area contributed by atoms with Gasteiger partial charge in [0.15, 0.2) is 0 Å². The topological polar surface area (TPSA) is 50.2 Å². The monoisotopic (exact) mass is 241 g/mol. The minimum Gasteiger partial charge on any atom is -0.461 e. The standard InChI is InChI=1S/C14H27NO2/c1-2-3-4-5-6-7-8-9-10-11-12-17-14(16)13-15/h13,15H,2-12H2,1H3. The number of hydrogen-bond donors (Lipinski definition) is 1. The maximum Gasteiger partial charge on any atom is 0.348 e. The lowest BCUT2D eigenvalue weighted by Crippen LogP contribution is -2.05. The fraction of sp³-hybridized carbons (Fsp3) is 0.857. The Morgan fingerprint density at radius 2 is 1.41 bits per heavy atom. The molecule has 0 radical (unpaired) electrons. The third-order valence-corrected chi connectivity index (χ3v) is 2.86. The van der Waals surface area contributed by atoms with E-state index in [0.29, 0.717) is 6.61 Å². The number of hydrogen-bond acceptors (Lipinski definition) is 3. The van der Waals surface area contributed by atoms with Crippen molar-refractivity contribution in [3.8, 4) is 0 Å². The first kappa shape index (κ1) is 16.1. The summed E-state index contributed by atoms with van der Waals surface area (Å²) in [5.74, 6) is -0.527. The Kier molecular flexibility index (Phi) is 12.5. The molecule has 0 heterocycles. The van der Waals surface area contributed by atoms with E-state index in [1.54, 1.807) is 0 Å². The molecule has 0 aliphatic rings. The molecule has 17 heavy (non-hydrogen) atoms. The van der Waals surface area contributed by atoms with E-state index in [2.05, 4.69) is 6.92 Å². The van der Waals surface area contributed by atoms with Gasteiger partial charge in [-0.15, -0.1) is 0 Å². The smallest absolute Gasteiger partial charge is 0.348 e. The predicted molar refractivity (Wildman–Crippen MR) is 71.6 cm³/mol. The van der Waals surface area contributed by atoms with E-state index < -0.39 is 5.97 Å². The molecule has 0 saturated carbocycles. The zero-order valence-corrected chi connectivity index (χ0v) is 11.2. The molecule has 0 rings (SSSR count). The highest BCUT2D eigenvalue weighted by atomic mass is 16.5. The molecule has 0 aromatic carbocycles. The minimum atomic E-state index is -0.527. The quantitative estimate of drug-likeness (QED) is 0.318. The molecule has 0 aromatic rings. The summed E-state index contributed by atoms with van der Waals surface area (Å²) in [7, 11) is 0. The van der Waals surface area contributed by atoms with E-state index in [4.69, 9.17) is 10.1 Å². The van der Waals surface area contributed by atoms with E-state index >= 15 is 0 Å². The first-order chi connectivity index (χ1) is 8.31. The van der Waals surface area contributed by atoms with Crippen molar-refractivity contribution in [2.75, 3.05) is 6.61 Å². The van der Waals surface area contributed by atoms with Crippen molar-refractivity contribution in [3.63, 3.8) is 0 Å². The van der Waals surface area contributed by atoms with Gasteiger partial charge in [-0.1, -0.05) is 64.7 Å². The predicted octanol–water partition coefficient (Wildman–Crippen LogP) is 4.10. The number of carbonyl (C=O) groups excluding carboxylic acids is 1. The summed E-state index contributed by atoms with van der Waals surface area (Å²) >= 11 is 0. The Morgan fingerprint density at radius 1 is 0.941 bits per heavy atom. The van der Waals surface area contributed by atoms with Crippen LogP contribution in [0.4, 0.5) is 0 Å². The number of rotatable bonds is 12. The fourth-order valence-electron chi connectivity index (χ4n) is 1.80. The first-order valence-electron chi connectivity index (χ1n) is 6.98. The highest BCUT2D eigenvalue weighted by Crippen LogP contribution is 2.10. The van der Waals surface area contributed by atoms with Crippen molar-refractivity contribution >= 4 is 12.2 Å². The van der Waals surface area contributed by atoms with Crippen molar-refractivity contribution in [3.05, 3.63) is 0 Å². The SMILES string of the molecule is CCCCCCCCCCCCOC(=O)C=N. The van der Waals surface area contributed by atoms with Crippen molar-refractivity contribution in [2.24, 2.45) is 0 Å². The van der Waals surface area contributed by atoms with Crippen LogP contribution in [0.1, 0.15) is 71.1 Å². The van der Waals surface area contributed by atoms with Crippen LogP contribution in [0, 0.1) is 5.41 Å². The van der Waals surface area contributed by atoms with Crippen LogP contribution in [0.2, 0.25) is 0 Å². The van der Waals surface area contributed by atoms with Crippen LogP contribution in [0.5, 0.6) is 0 Å². The Hall–Kier alpha value is -0.860. The normalized spacial score (nSPS) is 10.2. The molecule has 1 N–H and O–H groups in total. The zero-order valence-electron chi connectivity index (χ0n) is 11.2. The van der Waals surface area contributed by atoms with Crippen molar-refractivity contribution in [2.45, 2.75) is 71.1 Å². The van der Waals surface area contributed by atoms with Crippen LogP contribution >= 0.6 is 0 Å². The van der Waals surface area contributed by atoms with E-state index in [1.807, 2.05) is 0 Å². The average Bonchev–Trinajstić information content (AvgIpc) is 2.35. The van der Waals surface area contributed by atoms with Crippen molar-refractivity contribution < 1.29 is 9.53 Å². The second-order valence-corrected chi connectivity index (χ2v) is 4.49. The molecule has 0 fully saturated rings. The Labute approximate surface area is 105 Å². The van der Waals surface area contributed by atoms with E-state index in [-0.39, 0.29) is 0 Å². The summed E-state index contributed by atoms with van der Waals surface area (Å²) in [6, 6.07) is 0. The van der Waals surface area contributed by atoms with Gasteiger partial charge >= 0.3 is 5.97 Å². The lowest BCUT2D eigenvalue weighted by Gasteiger charge is -2.02. The van der Waals surface area contributed by atoms with Gasteiger partial charge in [-0.2, -0.15) is 0 Å². The Balaban J connectivity index is 2.98. The molecule has 3 nitrogen and oxygen atoms in total. The molecular formula is C14H27NO2. The fourth-order valence-corrected chi connectivity index (χ4v) is 1.80. The van der Waals surface area contributed by atoms with Gasteiger partial charge in [0.25, 0.3) is 0 Å². The van der Waals surface area contributed by atoms with Crippen LogP contribution in [0.15, 0.2) is 0 Å². The Bertz CT molecular complexity index is 193.